The van der Waals surface area contributed by atoms with Crippen molar-refractivity contribution in [3.8, 4) is 11.5 Å². The molecule has 1 aliphatic heterocycles. The Bertz CT molecular complexity index is 1820. The normalized spacial score (nSPS) is 14.6. The molecular weight excluding hydrogens is 572 g/mol. The fraction of sp³-hybridized carbons (Fsp3) is 0.182. The maximum Gasteiger partial charge on any atom is 0.338 e. The van der Waals surface area contributed by atoms with Crippen LogP contribution in [0.5, 0.6) is 11.5 Å². The van der Waals surface area contributed by atoms with Crippen LogP contribution in [0.2, 0.25) is 5.02 Å². The van der Waals surface area contributed by atoms with Gasteiger partial charge >= 0.3 is 5.97 Å². The lowest BCUT2D eigenvalue weighted by Gasteiger charge is -2.24. The van der Waals surface area contributed by atoms with Crippen LogP contribution in [0.4, 0.5) is 0 Å². The first-order valence-corrected chi connectivity index (χ1v) is 14.6. The second-order valence-electron chi connectivity index (χ2n) is 9.42. The van der Waals surface area contributed by atoms with Gasteiger partial charge in [0, 0.05) is 10.6 Å². The number of benzene rings is 3. The van der Waals surface area contributed by atoms with E-state index in [0.717, 1.165) is 16.7 Å². The Labute approximate surface area is 252 Å². The largest absolute Gasteiger partial charge is 0.490 e. The molecule has 7 nitrogen and oxygen atoms in total. The summed E-state index contributed by atoms with van der Waals surface area (Å²) in [7, 11) is 0. The molecule has 4 aromatic rings. The van der Waals surface area contributed by atoms with Crippen molar-refractivity contribution >= 4 is 35.0 Å². The van der Waals surface area contributed by atoms with Crippen LogP contribution in [0.25, 0.3) is 6.08 Å². The zero-order valence-electron chi connectivity index (χ0n) is 23.2. The van der Waals surface area contributed by atoms with Crippen LogP contribution in [0.15, 0.2) is 107 Å². The summed E-state index contributed by atoms with van der Waals surface area (Å²) in [5.74, 6) is 0.838. The van der Waals surface area contributed by atoms with Gasteiger partial charge in [-0.05, 0) is 61.4 Å². The second-order valence-corrected chi connectivity index (χ2v) is 10.8. The molecule has 2 heterocycles. The molecule has 0 amide bonds. The predicted molar refractivity (Wildman–Crippen MR) is 165 cm³/mol. The number of hydrogen-bond acceptors (Lipinski definition) is 7. The smallest absolute Gasteiger partial charge is 0.338 e. The van der Waals surface area contributed by atoms with Crippen LogP contribution < -0.4 is 24.4 Å². The predicted octanol–water partition coefficient (Wildman–Crippen LogP) is 5.60. The molecule has 214 valence electrons. The molecule has 0 bridgehead atoms. The highest BCUT2D eigenvalue weighted by Crippen LogP contribution is 2.31. The molecule has 0 saturated carbocycles. The molecule has 0 radical (unpaired) electrons. The quantitative estimate of drug-likeness (QED) is 0.175. The van der Waals surface area contributed by atoms with E-state index in [9.17, 15) is 9.59 Å². The molecule has 0 saturated heterocycles. The van der Waals surface area contributed by atoms with Crippen LogP contribution >= 0.6 is 22.9 Å². The first kappa shape index (κ1) is 29.1. The lowest BCUT2D eigenvalue weighted by Crippen LogP contribution is -2.39. The van der Waals surface area contributed by atoms with E-state index in [1.165, 1.54) is 11.3 Å². The van der Waals surface area contributed by atoms with E-state index >= 15 is 0 Å². The summed E-state index contributed by atoms with van der Waals surface area (Å²) in [6, 6.07) is 21.6. The average Bonchev–Trinajstić information content (AvgIpc) is 3.29. The average molecular weight is 601 g/mol. The highest BCUT2D eigenvalue weighted by Gasteiger charge is 2.33. The third-order valence-corrected chi connectivity index (χ3v) is 7.96. The van der Waals surface area contributed by atoms with Gasteiger partial charge in [0.15, 0.2) is 4.80 Å². The standard InChI is InChI=1S/C33H29ClN2O5S/c1-4-18-40-25-16-12-23(13-17-25)30-29(32(38)39-5-2)21(3)35-33-36(30)31(37)28(42-33)19-22-10-14-26(15-11-22)41-20-24-8-6-7-9-27(24)34/h4,6-17,19,30H,1,5,18,20H2,2-3H3/b28-19-/t30-/m1/s1. The van der Waals surface area contributed by atoms with Gasteiger partial charge in [0.1, 0.15) is 24.7 Å². The van der Waals surface area contributed by atoms with Crippen molar-refractivity contribution in [1.82, 2.24) is 4.57 Å². The molecule has 0 fully saturated rings. The fourth-order valence-corrected chi connectivity index (χ4v) is 5.83. The summed E-state index contributed by atoms with van der Waals surface area (Å²) < 4.78 is 18.9. The van der Waals surface area contributed by atoms with Crippen LogP contribution in [-0.4, -0.2) is 23.8 Å². The maximum absolute atomic E-state index is 13.8. The van der Waals surface area contributed by atoms with Gasteiger partial charge in [-0.25, -0.2) is 9.79 Å². The number of rotatable bonds is 10. The Kier molecular flexibility index (Phi) is 9.05. The van der Waals surface area contributed by atoms with E-state index in [4.69, 9.17) is 25.8 Å². The first-order valence-electron chi connectivity index (χ1n) is 13.4. The Morgan fingerprint density at radius 3 is 2.43 bits per heavy atom. The van der Waals surface area contributed by atoms with Gasteiger partial charge < -0.3 is 14.2 Å². The van der Waals surface area contributed by atoms with Gasteiger partial charge in [0.25, 0.3) is 5.56 Å². The third kappa shape index (κ3) is 6.25. The monoisotopic (exact) mass is 600 g/mol. The molecule has 0 aliphatic carbocycles. The van der Waals surface area contributed by atoms with Gasteiger partial charge in [0.2, 0.25) is 0 Å². The maximum atomic E-state index is 13.8. The van der Waals surface area contributed by atoms with Crippen molar-refractivity contribution in [3.05, 3.63) is 138 Å². The number of hydrogen-bond donors (Lipinski definition) is 0. The molecule has 0 unspecified atom stereocenters. The van der Waals surface area contributed by atoms with Crippen LogP contribution in [0.3, 0.4) is 0 Å². The molecule has 0 N–H and O–H groups in total. The van der Waals surface area contributed by atoms with Crippen molar-refractivity contribution in [3.63, 3.8) is 0 Å². The Hall–Kier alpha value is -4.40. The van der Waals surface area contributed by atoms with E-state index in [1.807, 2.05) is 78.9 Å². The van der Waals surface area contributed by atoms with Crippen molar-refractivity contribution < 1.29 is 19.0 Å². The van der Waals surface area contributed by atoms with Crippen molar-refractivity contribution in [1.29, 1.82) is 0 Å². The van der Waals surface area contributed by atoms with Crippen LogP contribution in [-0.2, 0) is 16.1 Å². The van der Waals surface area contributed by atoms with Crippen molar-refractivity contribution in [2.75, 3.05) is 13.2 Å². The summed E-state index contributed by atoms with van der Waals surface area (Å²) in [5.41, 5.74) is 3.06. The van der Waals surface area contributed by atoms with E-state index < -0.39 is 12.0 Å². The molecule has 9 heteroatoms. The minimum atomic E-state index is -0.698. The Morgan fingerprint density at radius 2 is 1.74 bits per heavy atom. The Balaban J connectivity index is 1.49. The number of nitrogens with zero attached hydrogens (tertiary/aromatic N) is 2. The molecule has 1 atom stereocenters. The fourth-order valence-electron chi connectivity index (χ4n) is 4.60. The molecule has 5 rings (SSSR count). The number of carbonyl (C=O) groups excluding carboxylic acids is 1. The van der Waals surface area contributed by atoms with Crippen molar-refractivity contribution in [2.24, 2.45) is 4.99 Å². The number of carbonyl (C=O) groups is 1. The molecule has 3 aromatic carbocycles. The number of aromatic nitrogens is 1. The summed E-state index contributed by atoms with van der Waals surface area (Å²) in [6.45, 7) is 8.11. The lowest BCUT2D eigenvalue weighted by atomic mass is 9.96. The SMILES string of the molecule is C=CCOc1ccc([C@@H]2C(C(=O)OCC)=C(C)N=c3s/c(=C\c4ccc(OCc5ccccc5Cl)cc4)c(=O)n32)cc1. The molecule has 42 heavy (non-hydrogen) atoms. The number of fused-ring (bicyclic) bond motifs is 1. The molecule has 1 aromatic heterocycles. The molecule has 0 spiro atoms. The number of esters is 1. The van der Waals surface area contributed by atoms with Gasteiger partial charge in [0.05, 0.1) is 28.5 Å². The number of allylic oxidation sites excluding steroid dienone is 1. The van der Waals surface area contributed by atoms with E-state index in [-0.39, 0.29) is 12.2 Å². The second kappa shape index (κ2) is 13.1. The summed E-state index contributed by atoms with van der Waals surface area (Å²) in [4.78, 5) is 32.1. The number of ether oxygens (including phenoxy) is 3. The lowest BCUT2D eigenvalue weighted by molar-refractivity contribution is -0.139. The van der Waals surface area contributed by atoms with Gasteiger partial charge in [-0.3, -0.25) is 9.36 Å². The third-order valence-electron chi connectivity index (χ3n) is 6.61. The summed E-state index contributed by atoms with van der Waals surface area (Å²) in [6.07, 6.45) is 3.48. The van der Waals surface area contributed by atoms with Gasteiger partial charge in [-0.15, -0.1) is 0 Å². The van der Waals surface area contributed by atoms with Gasteiger partial charge in [-0.2, -0.15) is 0 Å². The topological polar surface area (TPSA) is 79.1 Å². The highest BCUT2D eigenvalue weighted by molar-refractivity contribution is 7.07. The number of halogens is 1. The van der Waals surface area contributed by atoms with Crippen LogP contribution in [0.1, 0.15) is 36.6 Å². The van der Waals surface area contributed by atoms with E-state index in [0.29, 0.717) is 50.3 Å². The van der Waals surface area contributed by atoms with Crippen LogP contribution in [0, 0.1) is 0 Å². The first-order chi connectivity index (χ1) is 20.4. The zero-order chi connectivity index (χ0) is 29.6. The zero-order valence-corrected chi connectivity index (χ0v) is 24.8. The summed E-state index contributed by atoms with van der Waals surface area (Å²) in [5, 5.41) is 0.654. The van der Waals surface area contributed by atoms with Crippen molar-refractivity contribution in [2.45, 2.75) is 26.5 Å². The molecular formula is C33H29ClN2O5S. The van der Waals surface area contributed by atoms with E-state index in [2.05, 4.69) is 11.6 Å². The minimum Gasteiger partial charge on any atom is -0.490 e. The number of thiazole rings is 1. The minimum absolute atomic E-state index is 0.208. The highest BCUT2D eigenvalue weighted by atomic mass is 35.5. The van der Waals surface area contributed by atoms with E-state index in [1.54, 1.807) is 24.5 Å². The molecule has 1 aliphatic rings. The summed E-state index contributed by atoms with van der Waals surface area (Å²) >= 11 is 7.50. The Morgan fingerprint density at radius 1 is 1.05 bits per heavy atom. The van der Waals surface area contributed by atoms with Gasteiger partial charge in [-0.1, -0.05) is 78.1 Å².